The Kier molecular flexibility index (Phi) is 4.09. The average Bonchev–Trinajstić information content (AvgIpc) is 3.28. The van der Waals surface area contributed by atoms with Crippen molar-refractivity contribution >= 4 is 11.7 Å². The minimum Gasteiger partial charge on any atom is -0.507 e. The van der Waals surface area contributed by atoms with E-state index in [-0.39, 0.29) is 23.4 Å². The van der Waals surface area contributed by atoms with Gasteiger partial charge in [0.05, 0.1) is 18.6 Å². The molecule has 1 fully saturated rings. The molecule has 1 unspecified atom stereocenters. The Morgan fingerprint density at radius 3 is 2.55 bits per heavy atom. The number of ketones is 1. The zero-order chi connectivity index (χ0) is 14.9. The normalized spacial score (nSPS) is 15.8. The Labute approximate surface area is 118 Å². The van der Waals surface area contributed by atoms with Crippen LogP contribution in [0.3, 0.4) is 0 Å². The lowest BCUT2D eigenvalue weighted by molar-refractivity contribution is -0.170. The van der Waals surface area contributed by atoms with E-state index in [4.69, 9.17) is 4.84 Å². The second kappa shape index (κ2) is 5.63. The molecule has 1 saturated carbocycles. The lowest BCUT2D eigenvalue weighted by Gasteiger charge is -2.19. The maximum Gasteiger partial charge on any atom is 0.253 e. The van der Waals surface area contributed by atoms with Crippen LogP contribution in [0.25, 0.3) is 0 Å². The first kappa shape index (κ1) is 14.5. The van der Waals surface area contributed by atoms with Crippen molar-refractivity contribution in [3.8, 4) is 5.75 Å². The molecule has 0 aliphatic heterocycles. The molecule has 0 saturated heterocycles. The minimum absolute atomic E-state index is 0.0120. The van der Waals surface area contributed by atoms with E-state index in [1.54, 1.807) is 19.1 Å². The molecule has 0 spiro atoms. The number of phenolic OH excluding ortho intramolecular Hbond substituents is 1. The molecular weight excluding hydrogens is 258 g/mol. The van der Waals surface area contributed by atoms with Crippen LogP contribution in [0.5, 0.6) is 5.75 Å². The number of amides is 1. The fourth-order valence-corrected chi connectivity index (χ4v) is 2.10. The number of carbonyl (C=O) groups excluding carboxylic acids is 2. The first-order valence-electron chi connectivity index (χ1n) is 6.64. The van der Waals surface area contributed by atoms with Crippen LogP contribution >= 0.6 is 0 Å². The summed E-state index contributed by atoms with van der Waals surface area (Å²) < 4.78 is 0. The van der Waals surface area contributed by atoms with Crippen LogP contribution in [-0.2, 0) is 9.63 Å². The number of aromatic hydroxyl groups is 1. The van der Waals surface area contributed by atoms with E-state index in [2.05, 4.69) is 0 Å². The van der Waals surface area contributed by atoms with Crippen LogP contribution in [0.1, 0.15) is 41.6 Å². The quantitative estimate of drug-likeness (QED) is 0.661. The molecule has 1 aromatic carbocycles. The van der Waals surface area contributed by atoms with Crippen molar-refractivity contribution in [3.05, 3.63) is 29.3 Å². The Hall–Kier alpha value is -1.88. The van der Waals surface area contributed by atoms with E-state index in [1.807, 2.05) is 0 Å². The summed E-state index contributed by atoms with van der Waals surface area (Å²) in [5.41, 5.74) is 1.000. The fourth-order valence-electron chi connectivity index (χ4n) is 2.10. The summed E-state index contributed by atoms with van der Waals surface area (Å²) in [6.45, 7) is 1.73. The highest BCUT2D eigenvalue weighted by atomic mass is 16.7. The number of likely N-dealkylation sites (N-methyl/N-ethyl adjacent to an activating group) is 1. The fraction of sp³-hybridized carbons (Fsp3) is 0.467. The van der Waals surface area contributed by atoms with Gasteiger partial charge >= 0.3 is 0 Å². The zero-order valence-corrected chi connectivity index (χ0v) is 11.9. The Morgan fingerprint density at radius 1 is 1.40 bits per heavy atom. The first-order chi connectivity index (χ1) is 9.45. The molecule has 0 aromatic heterocycles. The van der Waals surface area contributed by atoms with Gasteiger partial charge in [-0.3, -0.25) is 14.4 Å². The van der Waals surface area contributed by atoms with Crippen LogP contribution in [0.15, 0.2) is 18.2 Å². The van der Waals surface area contributed by atoms with Gasteiger partial charge in [0.15, 0.2) is 5.78 Å². The van der Waals surface area contributed by atoms with E-state index in [0.717, 1.165) is 17.9 Å². The average molecular weight is 277 g/mol. The van der Waals surface area contributed by atoms with E-state index >= 15 is 0 Å². The van der Waals surface area contributed by atoms with Gasteiger partial charge in [0, 0.05) is 13.0 Å². The predicted molar refractivity (Wildman–Crippen MR) is 73.4 cm³/mol. The largest absolute Gasteiger partial charge is 0.507 e. The summed E-state index contributed by atoms with van der Waals surface area (Å²) in [5, 5.41) is 11.1. The Bertz CT molecular complexity index is 537. The third kappa shape index (κ3) is 2.82. The molecule has 1 amide bonds. The molecule has 5 nitrogen and oxygen atoms in total. The molecule has 0 bridgehead atoms. The van der Waals surface area contributed by atoms with Crippen molar-refractivity contribution in [2.24, 2.45) is 5.92 Å². The van der Waals surface area contributed by atoms with E-state index in [9.17, 15) is 14.7 Å². The number of hydrogen-bond acceptors (Lipinski definition) is 4. The van der Waals surface area contributed by atoms with Gasteiger partial charge in [-0.25, -0.2) is 5.06 Å². The number of carbonyl (C=O) groups is 2. The predicted octanol–water partition coefficient (Wildman–Crippen LogP) is 2.11. The topological polar surface area (TPSA) is 66.8 Å². The van der Waals surface area contributed by atoms with Crippen molar-refractivity contribution in [2.75, 3.05) is 14.2 Å². The summed E-state index contributed by atoms with van der Waals surface area (Å²) in [6.07, 6.45) is 1.79. The third-order valence-corrected chi connectivity index (χ3v) is 3.69. The molecule has 1 N–H and O–H groups in total. The molecule has 1 aliphatic rings. The Balaban J connectivity index is 2.20. The maximum atomic E-state index is 12.0. The molecule has 1 atom stereocenters. The summed E-state index contributed by atoms with van der Waals surface area (Å²) in [6, 6.07) is 4.80. The van der Waals surface area contributed by atoms with Crippen molar-refractivity contribution in [1.82, 2.24) is 5.06 Å². The van der Waals surface area contributed by atoms with Crippen LogP contribution in [-0.4, -0.2) is 36.0 Å². The molecule has 0 radical (unpaired) electrons. The lowest BCUT2D eigenvalue weighted by atomic mass is 9.96. The van der Waals surface area contributed by atoms with Crippen molar-refractivity contribution < 1.29 is 19.5 Å². The highest BCUT2D eigenvalue weighted by Gasteiger charge is 2.32. The Morgan fingerprint density at radius 2 is 2.05 bits per heavy atom. The number of Topliss-reactive ketones (excluding diaryl/α,β-unsaturated/α-hetero) is 1. The maximum absolute atomic E-state index is 12.0. The summed E-state index contributed by atoms with van der Waals surface area (Å²) >= 11 is 0. The monoisotopic (exact) mass is 277 g/mol. The number of phenols is 1. The molecule has 108 valence electrons. The SMILES string of the molecule is CON(C)C(=O)C(C)c1ccc(C(=O)C2CC2)c(O)c1. The zero-order valence-electron chi connectivity index (χ0n) is 11.9. The first-order valence-corrected chi connectivity index (χ1v) is 6.64. The number of hydrogen-bond donors (Lipinski definition) is 1. The summed E-state index contributed by atoms with van der Waals surface area (Å²) in [4.78, 5) is 28.8. The number of hydroxylamine groups is 2. The van der Waals surface area contributed by atoms with Gasteiger partial charge in [0.2, 0.25) is 0 Å². The van der Waals surface area contributed by atoms with E-state index < -0.39 is 5.92 Å². The second-order valence-electron chi connectivity index (χ2n) is 5.16. The third-order valence-electron chi connectivity index (χ3n) is 3.69. The highest BCUT2D eigenvalue weighted by Crippen LogP contribution is 2.35. The van der Waals surface area contributed by atoms with Gasteiger partial charge in [-0.15, -0.1) is 0 Å². The number of nitrogens with zero attached hydrogens (tertiary/aromatic N) is 1. The molecule has 20 heavy (non-hydrogen) atoms. The van der Waals surface area contributed by atoms with Gasteiger partial charge in [0.1, 0.15) is 5.75 Å². The molecule has 1 aliphatic carbocycles. The minimum atomic E-state index is -0.448. The number of rotatable bonds is 5. The van der Waals surface area contributed by atoms with Gasteiger partial charge in [0.25, 0.3) is 5.91 Å². The van der Waals surface area contributed by atoms with Crippen molar-refractivity contribution in [2.45, 2.75) is 25.7 Å². The van der Waals surface area contributed by atoms with Crippen molar-refractivity contribution in [1.29, 1.82) is 0 Å². The second-order valence-corrected chi connectivity index (χ2v) is 5.16. The molecule has 1 aromatic rings. The van der Waals surface area contributed by atoms with Gasteiger partial charge in [-0.2, -0.15) is 0 Å². The molecule has 5 heteroatoms. The van der Waals surface area contributed by atoms with Gasteiger partial charge < -0.3 is 5.11 Å². The van der Waals surface area contributed by atoms with Crippen LogP contribution in [0.2, 0.25) is 0 Å². The molecule has 2 rings (SSSR count). The number of benzene rings is 1. The smallest absolute Gasteiger partial charge is 0.253 e. The molecular formula is C15H19NO4. The van der Waals surface area contributed by atoms with Crippen LogP contribution in [0, 0.1) is 5.92 Å². The van der Waals surface area contributed by atoms with Gasteiger partial charge in [-0.1, -0.05) is 6.07 Å². The van der Waals surface area contributed by atoms with Crippen LogP contribution < -0.4 is 0 Å². The lowest BCUT2D eigenvalue weighted by Crippen LogP contribution is -2.29. The summed E-state index contributed by atoms with van der Waals surface area (Å²) in [5.74, 6) is -0.671. The standard InChI is InChI=1S/C15H19NO4/c1-9(15(19)16(2)20-3)11-6-7-12(13(17)8-11)14(18)10-4-5-10/h6-10,17H,4-5H2,1-3H3. The van der Waals surface area contributed by atoms with E-state index in [1.165, 1.54) is 20.2 Å². The summed E-state index contributed by atoms with van der Waals surface area (Å²) in [7, 11) is 2.95. The highest BCUT2D eigenvalue weighted by molar-refractivity contribution is 6.01. The van der Waals surface area contributed by atoms with Gasteiger partial charge in [-0.05, 0) is 37.5 Å². The molecule has 0 heterocycles. The van der Waals surface area contributed by atoms with Crippen molar-refractivity contribution in [3.63, 3.8) is 0 Å². The van der Waals surface area contributed by atoms with E-state index in [0.29, 0.717) is 11.1 Å². The van der Waals surface area contributed by atoms with Crippen LogP contribution in [0.4, 0.5) is 0 Å².